The lowest BCUT2D eigenvalue weighted by molar-refractivity contribution is -0.138. The first-order valence-corrected chi connectivity index (χ1v) is 13.0. The molecule has 10 heteroatoms. The van der Waals surface area contributed by atoms with E-state index in [2.05, 4.69) is 5.32 Å². The molecule has 0 fully saturated rings. The fourth-order valence-corrected chi connectivity index (χ4v) is 4.53. The number of anilines is 1. The minimum Gasteiger partial charge on any atom is -0.354 e. The SMILES string of the molecule is CCCCNC(=O)[C@H](C)N(CCc1ccccc1)C(=O)CN(c1ccccc1F)S(=O)(=O)N(C)C. The molecule has 0 radical (unpaired) electrons. The standard InChI is InChI=1S/C25H35FN4O4S/c1-5-6-17-27-25(32)20(2)29(18-16-21-12-8-7-9-13-21)24(31)19-30(35(33,34)28(3)4)23-15-11-10-14-22(23)26/h7-15,20H,5-6,16-19H2,1-4H3,(H,27,32)/t20-/m0/s1. The Kier molecular flexibility index (Phi) is 10.7. The van der Waals surface area contributed by atoms with Crippen molar-refractivity contribution < 1.29 is 22.4 Å². The van der Waals surface area contributed by atoms with Gasteiger partial charge >= 0.3 is 10.2 Å². The number of carbonyl (C=O) groups is 2. The van der Waals surface area contributed by atoms with Crippen LogP contribution in [-0.2, 0) is 26.2 Å². The van der Waals surface area contributed by atoms with E-state index in [4.69, 9.17) is 0 Å². The van der Waals surface area contributed by atoms with Crippen LogP contribution in [0.4, 0.5) is 10.1 Å². The highest BCUT2D eigenvalue weighted by atomic mass is 32.2. The molecule has 192 valence electrons. The van der Waals surface area contributed by atoms with Crippen LogP contribution in [0.3, 0.4) is 0 Å². The van der Waals surface area contributed by atoms with Crippen LogP contribution in [-0.4, -0.2) is 69.2 Å². The number of halogens is 1. The molecular formula is C25H35FN4O4S. The number of hydrogen-bond donors (Lipinski definition) is 1. The summed E-state index contributed by atoms with van der Waals surface area (Å²) in [6.45, 7) is 3.64. The molecule has 0 saturated heterocycles. The maximum absolute atomic E-state index is 14.6. The number of hydrogen-bond acceptors (Lipinski definition) is 4. The van der Waals surface area contributed by atoms with Gasteiger partial charge in [-0.1, -0.05) is 55.8 Å². The van der Waals surface area contributed by atoms with Gasteiger partial charge in [0.1, 0.15) is 18.4 Å². The number of rotatable bonds is 13. The molecule has 2 aromatic carbocycles. The molecule has 2 amide bonds. The van der Waals surface area contributed by atoms with Crippen molar-refractivity contribution in [1.82, 2.24) is 14.5 Å². The van der Waals surface area contributed by atoms with Gasteiger partial charge in [-0.25, -0.2) is 8.70 Å². The minimum absolute atomic E-state index is 0.193. The van der Waals surface area contributed by atoms with Crippen LogP contribution in [0.2, 0.25) is 0 Å². The van der Waals surface area contributed by atoms with Crippen molar-refractivity contribution in [2.24, 2.45) is 0 Å². The lowest BCUT2D eigenvalue weighted by Crippen LogP contribution is -2.53. The Bertz CT molecular complexity index is 1080. The summed E-state index contributed by atoms with van der Waals surface area (Å²) in [4.78, 5) is 27.6. The largest absolute Gasteiger partial charge is 0.354 e. The van der Waals surface area contributed by atoms with E-state index in [1.165, 1.54) is 37.2 Å². The van der Waals surface area contributed by atoms with Gasteiger partial charge in [-0.2, -0.15) is 12.7 Å². The van der Waals surface area contributed by atoms with Gasteiger partial charge in [0.25, 0.3) is 0 Å². The summed E-state index contributed by atoms with van der Waals surface area (Å²) in [6, 6.07) is 14.0. The fraction of sp³-hybridized carbons (Fsp3) is 0.440. The summed E-state index contributed by atoms with van der Waals surface area (Å²) in [6.07, 6.45) is 2.18. The quantitative estimate of drug-likeness (QED) is 0.423. The number of nitrogens with zero attached hydrogens (tertiary/aromatic N) is 3. The molecule has 2 rings (SSSR count). The molecule has 1 N–H and O–H groups in total. The van der Waals surface area contributed by atoms with Crippen molar-refractivity contribution in [2.75, 3.05) is 38.0 Å². The average Bonchev–Trinajstić information content (AvgIpc) is 2.83. The van der Waals surface area contributed by atoms with E-state index in [9.17, 15) is 22.4 Å². The maximum atomic E-state index is 14.6. The number of benzene rings is 2. The summed E-state index contributed by atoms with van der Waals surface area (Å²) in [5.41, 5.74) is 0.730. The van der Waals surface area contributed by atoms with E-state index >= 15 is 0 Å². The first-order valence-electron chi connectivity index (χ1n) is 11.6. The molecule has 8 nitrogen and oxygen atoms in total. The summed E-state index contributed by atoms with van der Waals surface area (Å²) in [7, 11) is -1.57. The van der Waals surface area contributed by atoms with Crippen LogP contribution in [0.25, 0.3) is 0 Å². The Labute approximate surface area is 207 Å². The van der Waals surface area contributed by atoms with Crippen LogP contribution in [0, 0.1) is 5.82 Å². The Morgan fingerprint density at radius 3 is 2.26 bits per heavy atom. The van der Waals surface area contributed by atoms with Gasteiger partial charge in [0, 0.05) is 27.2 Å². The third kappa shape index (κ3) is 7.76. The van der Waals surface area contributed by atoms with Gasteiger partial charge in [-0.15, -0.1) is 0 Å². The summed E-state index contributed by atoms with van der Waals surface area (Å²) in [5, 5.41) is 2.83. The molecule has 0 saturated carbocycles. The van der Waals surface area contributed by atoms with E-state index in [1.54, 1.807) is 6.92 Å². The molecule has 0 aromatic heterocycles. The zero-order chi connectivity index (χ0) is 26.0. The third-order valence-corrected chi connectivity index (χ3v) is 7.43. The second-order valence-electron chi connectivity index (χ2n) is 8.39. The second-order valence-corrected chi connectivity index (χ2v) is 10.5. The highest BCUT2D eigenvalue weighted by Gasteiger charge is 2.33. The Balaban J connectivity index is 2.35. The van der Waals surface area contributed by atoms with Gasteiger partial charge in [-0.3, -0.25) is 9.59 Å². The van der Waals surface area contributed by atoms with E-state index < -0.39 is 34.5 Å². The highest BCUT2D eigenvalue weighted by molar-refractivity contribution is 7.90. The lowest BCUT2D eigenvalue weighted by Gasteiger charge is -2.33. The number of unbranched alkanes of at least 4 members (excludes halogenated alkanes) is 1. The van der Waals surface area contributed by atoms with E-state index in [0.29, 0.717) is 13.0 Å². The molecule has 0 bridgehead atoms. The van der Waals surface area contributed by atoms with Gasteiger partial charge in [0.15, 0.2) is 0 Å². The Hall–Kier alpha value is -2.98. The Morgan fingerprint density at radius 1 is 1.03 bits per heavy atom. The number of para-hydroxylation sites is 1. The first kappa shape index (κ1) is 28.3. The number of nitrogens with one attached hydrogen (secondary N) is 1. The van der Waals surface area contributed by atoms with Crippen LogP contribution >= 0.6 is 0 Å². The van der Waals surface area contributed by atoms with Crippen LogP contribution in [0.15, 0.2) is 54.6 Å². The molecule has 0 aliphatic carbocycles. The summed E-state index contributed by atoms with van der Waals surface area (Å²) < 4.78 is 42.3. The van der Waals surface area contributed by atoms with Crippen molar-refractivity contribution in [2.45, 2.75) is 39.2 Å². The van der Waals surface area contributed by atoms with Gasteiger partial charge in [-0.05, 0) is 37.5 Å². The normalized spacial score (nSPS) is 12.3. The minimum atomic E-state index is -4.20. The van der Waals surface area contributed by atoms with E-state index in [1.807, 2.05) is 37.3 Å². The van der Waals surface area contributed by atoms with Crippen LogP contribution in [0.1, 0.15) is 32.3 Å². The second kappa shape index (κ2) is 13.2. The third-order valence-electron chi connectivity index (χ3n) is 5.62. The number of carbonyl (C=O) groups excluding carboxylic acids is 2. The average molecular weight is 507 g/mol. The van der Waals surface area contributed by atoms with Crippen molar-refractivity contribution in [3.63, 3.8) is 0 Å². The predicted molar refractivity (Wildman–Crippen MR) is 136 cm³/mol. The fourth-order valence-electron chi connectivity index (χ4n) is 3.46. The number of amides is 2. The monoisotopic (exact) mass is 506 g/mol. The highest BCUT2D eigenvalue weighted by Crippen LogP contribution is 2.23. The molecule has 0 aliphatic heterocycles. The zero-order valence-corrected chi connectivity index (χ0v) is 21.6. The van der Waals surface area contributed by atoms with E-state index in [0.717, 1.165) is 33.1 Å². The van der Waals surface area contributed by atoms with Crippen molar-refractivity contribution in [1.29, 1.82) is 0 Å². The van der Waals surface area contributed by atoms with Gasteiger partial charge in [0.05, 0.1) is 5.69 Å². The molecule has 35 heavy (non-hydrogen) atoms. The van der Waals surface area contributed by atoms with Gasteiger partial charge < -0.3 is 10.2 Å². The first-order chi connectivity index (χ1) is 16.6. The van der Waals surface area contributed by atoms with Crippen molar-refractivity contribution in [3.8, 4) is 0 Å². The molecular weight excluding hydrogens is 471 g/mol. The van der Waals surface area contributed by atoms with Crippen molar-refractivity contribution >= 4 is 27.7 Å². The topological polar surface area (TPSA) is 90.0 Å². The molecule has 1 atom stereocenters. The predicted octanol–water partition coefficient (Wildman–Crippen LogP) is 2.81. The Morgan fingerprint density at radius 2 is 1.66 bits per heavy atom. The van der Waals surface area contributed by atoms with Crippen LogP contribution in [0.5, 0.6) is 0 Å². The smallest absolute Gasteiger partial charge is 0.304 e. The van der Waals surface area contributed by atoms with Crippen LogP contribution < -0.4 is 9.62 Å². The van der Waals surface area contributed by atoms with E-state index in [-0.39, 0.29) is 18.1 Å². The molecule has 0 aliphatic rings. The molecule has 0 spiro atoms. The zero-order valence-electron chi connectivity index (χ0n) is 20.8. The molecule has 0 heterocycles. The molecule has 2 aromatic rings. The lowest BCUT2D eigenvalue weighted by atomic mass is 10.1. The summed E-state index contributed by atoms with van der Waals surface area (Å²) in [5.74, 6) is -1.70. The summed E-state index contributed by atoms with van der Waals surface area (Å²) >= 11 is 0. The maximum Gasteiger partial charge on any atom is 0.304 e. The van der Waals surface area contributed by atoms with Crippen molar-refractivity contribution in [3.05, 3.63) is 66.0 Å². The molecule has 0 unspecified atom stereocenters. The van der Waals surface area contributed by atoms with Gasteiger partial charge in [0.2, 0.25) is 11.8 Å².